The molecule has 7 heterocycles. The van der Waals surface area contributed by atoms with E-state index in [2.05, 4.69) is 15.3 Å². The van der Waals surface area contributed by atoms with Crippen molar-refractivity contribution in [1.82, 2.24) is 5.32 Å². The van der Waals surface area contributed by atoms with Gasteiger partial charge in [0.25, 0.3) is 5.79 Å². The molecule has 44 heteroatoms. The van der Waals surface area contributed by atoms with Gasteiger partial charge >= 0.3 is 11.9 Å². The molecule has 36 atom stereocenters. The zero-order valence-corrected chi connectivity index (χ0v) is 75.5. The van der Waals surface area contributed by atoms with E-state index in [1.165, 1.54) is 0 Å². The molecule has 758 valence electrons. The molecule has 0 bridgehead atoms. The van der Waals surface area contributed by atoms with Gasteiger partial charge in [-0.1, -0.05) is 187 Å². The summed E-state index contributed by atoms with van der Waals surface area (Å²) in [6, 6.07) is 50.4. The van der Waals surface area contributed by atoms with Crippen LogP contribution in [0.5, 0.6) is 0 Å². The number of ether oxygens (including phenoxy) is 21. The number of aliphatic carboxylic acids is 1. The Morgan fingerprint density at radius 2 is 0.870 bits per heavy atom. The molecular weight excluding hydrogens is 1820 g/mol. The number of aliphatic hydroxyl groups is 14. The van der Waals surface area contributed by atoms with E-state index in [9.17, 15) is 96.5 Å². The first-order valence-corrected chi connectivity index (χ1v) is 45.4. The zero-order chi connectivity index (χ0) is 98.1. The van der Waals surface area contributed by atoms with Crippen LogP contribution >= 0.6 is 0 Å². The molecule has 6 aromatic carbocycles. The number of carboxylic acid groups (broad SMARTS) is 1. The number of carbonyl (C=O) groups is 3. The molecule has 7 fully saturated rings. The smallest absolute Gasteiger partial charge is 0.364 e. The van der Waals surface area contributed by atoms with E-state index < -0.39 is 291 Å². The number of hydrogen-bond acceptors (Lipinski definition) is 40. The SMILES string of the molecule is CC(=O)N[C@H]1[C@H]([C@H](O)[C@H](O)CO)O[C@@](O[C@@H]2[C@@H](O)[C@H](O[C@H]3[C@H](OCc4ccccc4)[C@@H](N)[C@H](O[C@H]4[C@@H](O)[C@@H](COCc5ccccc5)O[C@@H](O[C@H]5[C@H](OCc6ccccc6)[C@@H](OCc6ccccc6)[C@H](OCCCN=[N+]=[N-])O[C@@H]5COCc5ccccc5)[C@@H]4OCc4ccccc4)O[C@@H]3CO[C@@H]3O[C@H](CO)[C@@H](O[C@@H]4O[C@H](CO)[C@H](O)[C@H](O)[C@H]4O)[C@H](O)[C@H]3O)O[C@H](CO)[C@@H]2OC(C)=O)(C(=O)O)C[C@@H]1O. The summed E-state index contributed by atoms with van der Waals surface area (Å²) < 4.78 is 139. The van der Waals surface area contributed by atoms with Crippen LogP contribution in [0.3, 0.4) is 0 Å². The lowest BCUT2D eigenvalue weighted by Gasteiger charge is -2.52. The van der Waals surface area contributed by atoms with Crippen molar-refractivity contribution in [2.24, 2.45) is 10.8 Å². The molecule has 138 heavy (non-hydrogen) atoms. The van der Waals surface area contributed by atoms with Gasteiger partial charge < -0.3 is 187 Å². The number of carboxylic acids is 1. The van der Waals surface area contributed by atoms with Gasteiger partial charge in [0.15, 0.2) is 43.8 Å². The van der Waals surface area contributed by atoms with Gasteiger partial charge in [0.05, 0.1) is 104 Å². The van der Waals surface area contributed by atoms with Crippen LogP contribution in [0.1, 0.15) is 60.1 Å². The molecule has 7 aliphatic rings. The highest BCUT2D eigenvalue weighted by Gasteiger charge is 2.63. The van der Waals surface area contributed by atoms with Crippen molar-refractivity contribution in [2.45, 2.75) is 287 Å². The van der Waals surface area contributed by atoms with Gasteiger partial charge in [-0.15, -0.1) is 0 Å². The van der Waals surface area contributed by atoms with Crippen molar-refractivity contribution in [1.29, 1.82) is 0 Å². The second kappa shape index (κ2) is 52.1. The number of azide groups is 1. The monoisotopic (exact) mass is 1950 g/mol. The number of benzene rings is 6. The van der Waals surface area contributed by atoms with Crippen LogP contribution in [-0.4, -0.2) is 374 Å². The van der Waals surface area contributed by atoms with Gasteiger partial charge in [-0.25, -0.2) is 4.79 Å². The molecule has 18 N–H and O–H groups in total. The molecule has 7 aliphatic heterocycles. The maximum absolute atomic E-state index is 14.0. The molecule has 0 spiro atoms. The number of nitrogens with one attached hydrogen (secondary N) is 1. The standard InChI is InChI=1S/C94H123N5O39/c1-50(104)98-67-58(106)36-94(93(116)117,137-81(67)68(108)59(107)37-100)138-83-75(115)90(129-62(40-103)77(83)126-51(2)105)134-78-65(49-125-88-74(114)72(112)76(61(39-102)128-88)133-89-73(113)71(111)69(109)60(38-101)127-89)131-87(66(95)80(78)121-43-54-26-13-5-14-27-54)136-82-70(110)63(47-118-41-52-22-9-3-10-23-52)130-92(85(82)123-45-56-30-17-7-18-31-56)135-79-64(48-119-42-53-24-11-4-12-25-53)132-91(120-35-21-34-97-99-96)86(124-46-57-32-19-8-20-33-57)84(79)122-44-55-28-15-6-16-29-55/h3-20,22-33,58-92,100-103,106-115H,21,34-49,95H2,1-2H3,(H,98,104)(H,116,117)/t58-,59+,60+,61+,62+,63+,64+,65+,66+,67+,68+,69-,70-,71-,72+,73+,74+,75+,76+,77-,78+,79+,80+,81+,82-,83+,84-,85+,86+,87-,88+,89-,90-,91+,92-,94-/m0/s1. The normalized spacial score (nSPS) is 35.5. The van der Waals surface area contributed by atoms with Crippen LogP contribution in [0, 0.1) is 0 Å². The molecule has 6 aromatic rings. The van der Waals surface area contributed by atoms with Crippen LogP contribution in [0.2, 0.25) is 0 Å². The van der Waals surface area contributed by atoms with Crippen molar-refractivity contribution in [3.63, 3.8) is 0 Å². The highest BCUT2D eigenvalue weighted by Crippen LogP contribution is 2.43. The fraction of sp³-hybridized carbons (Fsp3) is 0.585. The maximum Gasteiger partial charge on any atom is 0.364 e. The Labute approximate surface area is 793 Å². The molecule has 13 rings (SSSR count). The molecule has 7 saturated heterocycles. The number of hydrogen-bond donors (Lipinski definition) is 17. The van der Waals surface area contributed by atoms with Gasteiger partial charge in [0.2, 0.25) is 5.91 Å². The molecular formula is C94H123N5O39. The lowest BCUT2D eigenvalue weighted by molar-refractivity contribution is -0.398. The summed E-state index contributed by atoms with van der Waals surface area (Å²) in [6.07, 6.45) is -63.5. The summed E-state index contributed by atoms with van der Waals surface area (Å²) in [5.41, 5.74) is 20.9. The summed E-state index contributed by atoms with van der Waals surface area (Å²) in [6.45, 7) is -4.91. The second-order valence-corrected chi connectivity index (χ2v) is 34.3. The highest BCUT2D eigenvalue weighted by atomic mass is 16.8. The summed E-state index contributed by atoms with van der Waals surface area (Å²) in [5, 5.41) is 178. The van der Waals surface area contributed by atoms with Crippen molar-refractivity contribution < 1.29 is 190 Å². The Balaban J connectivity index is 0.928. The minimum absolute atomic E-state index is 0.0175. The van der Waals surface area contributed by atoms with E-state index in [-0.39, 0.29) is 59.2 Å². The molecule has 0 saturated carbocycles. The lowest BCUT2D eigenvalue weighted by atomic mass is 9.88. The number of amides is 1. The summed E-state index contributed by atoms with van der Waals surface area (Å²) >= 11 is 0. The predicted molar refractivity (Wildman–Crippen MR) is 469 cm³/mol. The highest BCUT2D eigenvalue weighted by molar-refractivity contribution is 5.77. The zero-order valence-electron chi connectivity index (χ0n) is 75.5. The molecule has 44 nitrogen and oxygen atoms in total. The van der Waals surface area contributed by atoms with E-state index in [1.54, 1.807) is 72.8 Å². The number of nitrogens with zero attached hydrogens (tertiary/aromatic N) is 3. The van der Waals surface area contributed by atoms with E-state index >= 15 is 0 Å². The average molecular weight is 1950 g/mol. The van der Waals surface area contributed by atoms with Gasteiger partial charge in [-0.2, -0.15) is 0 Å². The fourth-order valence-electron chi connectivity index (χ4n) is 17.3. The molecule has 1 amide bonds. The Morgan fingerprint density at radius 1 is 0.442 bits per heavy atom. The first-order valence-electron chi connectivity index (χ1n) is 45.4. The number of esters is 1. The van der Waals surface area contributed by atoms with Gasteiger partial charge in [-0.05, 0) is 45.3 Å². The van der Waals surface area contributed by atoms with Crippen molar-refractivity contribution >= 4 is 17.8 Å². The number of rotatable bonds is 47. The van der Waals surface area contributed by atoms with Crippen LogP contribution < -0.4 is 11.1 Å². The van der Waals surface area contributed by atoms with Crippen LogP contribution in [-0.2, 0) is 153 Å². The first kappa shape index (κ1) is 107. The lowest BCUT2D eigenvalue weighted by Crippen LogP contribution is -2.71. The van der Waals surface area contributed by atoms with Gasteiger partial charge in [0, 0.05) is 38.3 Å². The van der Waals surface area contributed by atoms with E-state index in [1.807, 2.05) is 109 Å². The third-order valence-electron chi connectivity index (χ3n) is 24.4. The van der Waals surface area contributed by atoms with Crippen LogP contribution in [0.15, 0.2) is 187 Å². The third kappa shape index (κ3) is 27.5. The molecule has 0 aromatic heterocycles. The van der Waals surface area contributed by atoms with Crippen molar-refractivity contribution in [3.05, 3.63) is 226 Å². The number of aliphatic hydroxyl groups excluding tert-OH is 14. The Hall–Kier alpha value is -8.36. The fourth-order valence-corrected chi connectivity index (χ4v) is 17.3. The summed E-state index contributed by atoms with van der Waals surface area (Å²) in [4.78, 5) is 42.9. The van der Waals surface area contributed by atoms with Crippen molar-refractivity contribution in [2.75, 3.05) is 59.4 Å². The minimum Gasteiger partial charge on any atom is -0.477 e. The molecule has 0 unspecified atom stereocenters. The van der Waals surface area contributed by atoms with Gasteiger partial charge in [0.1, 0.15) is 153 Å². The Bertz CT molecular complexity index is 4660. The van der Waals surface area contributed by atoms with E-state index in [4.69, 9.17) is 105 Å². The topological polar surface area (TPSA) is 635 Å². The number of carbonyl (C=O) groups excluding carboxylic acids is 2. The van der Waals surface area contributed by atoms with E-state index in [0.717, 1.165) is 25.0 Å². The first-order chi connectivity index (χ1) is 66.7. The maximum atomic E-state index is 14.0. The van der Waals surface area contributed by atoms with Gasteiger partial charge in [-0.3, -0.25) is 9.59 Å². The predicted octanol–water partition coefficient (Wildman–Crippen LogP) is -1.32. The van der Waals surface area contributed by atoms with Crippen LogP contribution in [0.4, 0.5) is 0 Å². The van der Waals surface area contributed by atoms with Crippen molar-refractivity contribution in [3.8, 4) is 0 Å². The molecule has 0 radical (unpaired) electrons. The minimum atomic E-state index is -3.33. The number of nitrogens with two attached hydrogens (primary N) is 1. The Morgan fingerprint density at radius 3 is 1.38 bits per heavy atom. The third-order valence-corrected chi connectivity index (χ3v) is 24.4. The molecule has 0 aliphatic carbocycles. The van der Waals surface area contributed by atoms with E-state index in [0.29, 0.717) is 22.3 Å². The quantitative estimate of drug-likeness (QED) is 0.00693. The Kier molecular flexibility index (Phi) is 40.3. The summed E-state index contributed by atoms with van der Waals surface area (Å²) in [5.74, 6) is -7.44. The second-order valence-electron chi connectivity index (χ2n) is 34.3. The largest absolute Gasteiger partial charge is 0.477 e. The average Bonchev–Trinajstić information content (AvgIpc) is 0.733. The van der Waals surface area contributed by atoms with Crippen LogP contribution in [0.25, 0.3) is 10.4 Å². The summed E-state index contributed by atoms with van der Waals surface area (Å²) in [7, 11) is 0.